The number of anilines is 1. The van der Waals surface area contributed by atoms with Gasteiger partial charge in [0.2, 0.25) is 0 Å². The molecule has 0 aliphatic carbocycles. The normalized spacial score (nSPS) is 10.4. The van der Waals surface area contributed by atoms with Crippen molar-refractivity contribution in [3.8, 4) is 11.5 Å². The van der Waals surface area contributed by atoms with Crippen LogP contribution in [0, 0.1) is 0 Å². The molecule has 0 saturated heterocycles. The molecule has 0 spiro atoms. The fourth-order valence-electron chi connectivity index (χ4n) is 2.31. The van der Waals surface area contributed by atoms with E-state index < -0.39 is 0 Å². The SMILES string of the molecule is Oc1ccc(NCc2ccccc2OCc2ccc(Cl)cc2)cc1. The lowest BCUT2D eigenvalue weighted by Gasteiger charge is -2.13. The third-order valence-electron chi connectivity index (χ3n) is 3.63. The Balaban J connectivity index is 1.64. The summed E-state index contributed by atoms with van der Waals surface area (Å²) in [7, 11) is 0. The van der Waals surface area contributed by atoms with Crippen LogP contribution in [0.2, 0.25) is 5.02 Å². The number of benzene rings is 3. The third kappa shape index (κ3) is 4.43. The molecule has 122 valence electrons. The van der Waals surface area contributed by atoms with Gasteiger partial charge in [-0.2, -0.15) is 0 Å². The highest BCUT2D eigenvalue weighted by Crippen LogP contribution is 2.22. The topological polar surface area (TPSA) is 41.5 Å². The fraction of sp³-hybridized carbons (Fsp3) is 0.100. The number of para-hydroxylation sites is 1. The minimum Gasteiger partial charge on any atom is -0.508 e. The second-order valence-electron chi connectivity index (χ2n) is 5.42. The summed E-state index contributed by atoms with van der Waals surface area (Å²) in [4.78, 5) is 0. The first-order valence-corrected chi connectivity index (χ1v) is 8.06. The summed E-state index contributed by atoms with van der Waals surface area (Å²) in [6, 6.07) is 22.6. The Morgan fingerprint density at radius 3 is 2.33 bits per heavy atom. The van der Waals surface area contributed by atoms with Crippen molar-refractivity contribution in [2.24, 2.45) is 0 Å². The van der Waals surface area contributed by atoms with Crippen molar-refractivity contribution in [1.29, 1.82) is 0 Å². The molecule has 0 aliphatic heterocycles. The zero-order valence-corrected chi connectivity index (χ0v) is 13.8. The first-order valence-electron chi connectivity index (χ1n) is 7.69. The van der Waals surface area contributed by atoms with Crippen LogP contribution in [0.1, 0.15) is 11.1 Å². The Morgan fingerprint density at radius 1 is 0.875 bits per heavy atom. The summed E-state index contributed by atoms with van der Waals surface area (Å²) in [5, 5.41) is 13.4. The molecule has 2 N–H and O–H groups in total. The number of nitrogens with one attached hydrogen (secondary N) is 1. The number of ether oxygens (including phenoxy) is 1. The second kappa shape index (κ2) is 7.75. The maximum absolute atomic E-state index is 9.33. The Kier molecular flexibility index (Phi) is 5.24. The number of rotatable bonds is 6. The van der Waals surface area contributed by atoms with Crippen molar-refractivity contribution in [3.63, 3.8) is 0 Å². The van der Waals surface area contributed by atoms with E-state index in [1.165, 1.54) is 0 Å². The Labute approximate surface area is 146 Å². The van der Waals surface area contributed by atoms with E-state index in [1.807, 2.05) is 60.7 Å². The van der Waals surface area contributed by atoms with Crippen LogP contribution in [-0.2, 0) is 13.2 Å². The number of phenolic OH excluding ortho intramolecular Hbond substituents is 1. The summed E-state index contributed by atoms with van der Waals surface area (Å²) < 4.78 is 5.95. The van der Waals surface area contributed by atoms with Crippen LogP contribution in [0.4, 0.5) is 5.69 Å². The first-order chi connectivity index (χ1) is 11.7. The minimum atomic E-state index is 0.257. The molecule has 0 aliphatic rings. The summed E-state index contributed by atoms with van der Waals surface area (Å²) in [6.07, 6.45) is 0. The van der Waals surface area contributed by atoms with Gasteiger partial charge in [-0.3, -0.25) is 0 Å². The van der Waals surface area contributed by atoms with Crippen molar-refractivity contribution in [3.05, 3.63) is 88.9 Å². The summed E-state index contributed by atoms with van der Waals surface area (Å²) in [5.41, 5.74) is 3.08. The molecule has 0 amide bonds. The van der Waals surface area contributed by atoms with Gasteiger partial charge in [0.15, 0.2) is 0 Å². The zero-order chi connectivity index (χ0) is 16.8. The van der Waals surface area contributed by atoms with Crippen molar-refractivity contribution in [2.45, 2.75) is 13.2 Å². The van der Waals surface area contributed by atoms with E-state index in [9.17, 15) is 5.11 Å². The average molecular weight is 340 g/mol. The van der Waals surface area contributed by atoms with E-state index >= 15 is 0 Å². The molecule has 0 bridgehead atoms. The van der Waals surface area contributed by atoms with Crippen molar-refractivity contribution < 1.29 is 9.84 Å². The minimum absolute atomic E-state index is 0.257. The van der Waals surface area contributed by atoms with Crippen molar-refractivity contribution in [1.82, 2.24) is 0 Å². The summed E-state index contributed by atoms with van der Waals surface area (Å²) in [6.45, 7) is 1.13. The van der Waals surface area contributed by atoms with Crippen LogP contribution in [0.3, 0.4) is 0 Å². The fourth-order valence-corrected chi connectivity index (χ4v) is 2.43. The Bertz CT molecular complexity index is 717. The number of hydrogen-bond donors (Lipinski definition) is 2. The predicted octanol–water partition coefficient (Wildman–Crippen LogP) is 5.24. The average Bonchev–Trinajstić information content (AvgIpc) is 2.61. The molecule has 0 atom stereocenters. The zero-order valence-electron chi connectivity index (χ0n) is 13.1. The Hall–Kier alpha value is -2.65. The van der Waals surface area contributed by atoms with Gasteiger partial charge >= 0.3 is 0 Å². The number of halogens is 1. The lowest BCUT2D eigenvalue weighted by Crippen LogP contribution is -2.03. The highest BCUT2D eigenvalue weighted by Gasteiger charge is 2.04. The van der Waals surface area contributed by atoms with Gasteiger partial charge in [0.25, 0.3) is 0 Å². The van der Waals surface area contributed by atoms with Gasteiger partial charge in [-0.15, -0.1) is 0 Å². The molecule has 0 radical (unpaired) electrons. The smallest absolute Gasteiger partial charge is 0.124 e. The maximum Gasteiger partial charge on any atom is 0.124 e. The van der Waals surface area contributed by atoms with Gasteiger partial charge in [0.05, 0.1) is 0 Å². The standard InChI is InChI=1S/C20H18ClNO2/c21-17-7-5-15(6-8-17)14-24-20-4-2-1-3-16(20)13-22-18-9-11-19(23)12-10-18/h1-12,22-23H,13-14H2. The van der Waals surface area contributed by atoms with E-state index in [0.29, 0.717) is 13.2 Å². The van der Waals surface area contributed by atoms with E-state index in [1.54, 1.807) is 12.1 Å². The van der Waals surface area contributed by atoms with Gasteiger partial charge in [0, 0.05) is 22.8 Å². The van der Waals surface area contributed by atoms with Crippen LogP contribution < -0.4 is 10.1 Å². The molecule has 4 heteroatoms. The second-order valence-corrected chi connectivity index (χ2v) is 5.86. The van der Waals surface area contributed by atoms with Crippen molar-refractivity contribution in [2.75, 3.05) is 5.32 Å². The third-order valence-corrected chi connectivity index (χ3v) is 3.88. The van der Waals surface area contributed by atoms with Crippen LogP contribution in [-0.4, -0.2) is 5.11 Å². The maximum atomic E-state index is 9.33. The monoisotopic (exact) mass is 339 g/mol. The largest absolute Gasteiger partial charge is 0.508 e. The molecule has 3 aromatic rings. The molecule has 0 unspecified atom stereocenters. The molecular weight excluding hydrogens is 322 g/mol. The van der Waals surface area contributed by atoms with Gasteiger partial charge in [-0.05, 0) is 48.0 Å². The van der Waals surface area contributed by atoms with Crippen LogP contribution >= 0.6 is 11.6 Å². The summed E-state index contributed by atoms with van der Waals surface area (Å²) >= 11 is 5.90. The molecule has 0 heterocycles. The molecule has 3 nitrogen and oxygen atoms in total. The molecule has 0 aromatic heterocycles. The van der Waals surface area contributed by atoms with Gasteiger partial charge in [0.1, 0.15) is 18.1 Å². The van der Waals surface area contributed by atoms with Gasteiger partial charge < -0.3 is 15.2 Å². The molecule has 0 saturated carbocycles. The summed E-state index contributed by atoms with van der Waals surface area (Å²) in [5.74, 6) is 1.10. The van der Waals surface area contributed by atoms with E-state index in [-0.39, 0.29) is 5.75 Å². The highest BCUT2D eigenvalue weighted by molar-refractivity contribution is 6.30. The molecular formula is C20H18ClNO2. The molecule has 3 rings (SSSR count). The Morgan fingerprint density at radius 2 is 1.58 bits per heavy atom. The molecule has 24 heavy (non-hydrogen) atoms. The van der Waals surface area contributed by atoms with Crippen LogP contribution in [0.5, 0.6) is 11.5 Å². The quantitative estimate of drug-likeness (QED) is 0.604. The van der Waals surface area contributed by atoms with E-state index in [0.717, 1.165) is 27.6 Å². The van der Waals surface area contributed by atoms with Gasteiger partial charge in [-0.1, -0.05) is 41.9 Å². The van der Waals surface area contributed by atoms with Crippen LogP contribution in [0.25, 0.3) is 0 Å². The predicted molar refractivity (Wildman–Crippen MR) is 97.7 cm³/mol. The van der Waals surface area contributed by atoms with Gasteiger partial charge in [-0.25, -0.2) is 0 Å². The highest BCUT2D eigenvalue weighted by atomic mass is 35.5. The molecule has 3 aromatic carbocycles. The van der Waals surface area contributed by atoms with E-state index in [2.05, 4.69) is 5.32 Å². The molecule has 0 fully saturated rings. The van der Waals surface area contributed by atoms with E-state index in [4.69, 9.17) is 16.3 Å². The number of hydrogen-bond acceptors (Lipinski definition) is 3. The lowest BCUT2D eigenvalue weighted by atomic mass is 10.2. The lowest BCUT2D eigenvalue weighted by molar-refractivity contribution is 0.303. The number of aromatic hydroxyl groups is 1. The van der Waals surface area contributed by atoms with Crippen LogP contribution in [0.15, 0.2) is 72.8 Å². The number of phenols is 1. The first kappa shape index (κ1) is 16.2. The van der Waals surface area contributed by atoms with Crippen molar-refractivity contribution >= 4 is 17.3 Å².